The van der Waals surface area contributed by atoms with Crippen molar-refractivity contribution in [3.8, 4) is 0 Å². The number of carbonyl (C=O) groups excluding carboxylic acids is 3. The van der Waals surface area contributed by atoms with E-state index < -0.39 is 24.3 Å². The van der Waals surface area contributed by atoms with Crippen molar-refractivity contribution in [1.29, 1.82) is 0 Å². The maximum absolute atomic E-state index is 12.9. The summed E-state index contributed by atoms with van der Waals surface area (Å²) in [4.78, 5) is 37.4. The molecule has 0 radical (unpaired) electrons. The van der Waals surface area contributed by atoms with Gasteiger partial charge in [0.1, 0.15) is 13.2 Å². The number of allylic oxidation sites excluding steroid dienone is 16. The van der Waals surface area contributed by atoms with Crippen LogP contribution in [-0.2, 0) is 33.3 Å². The molecular formula is C68H117NO8. The van der Waals surface area contributed by atoms with Crippen LogP contribution in [0.2, 0.25) is 0 Å². The summed E-state index contributed by atoms with van der Waals surface area (Å²) in [5.41, 5.74) is 0. The average Bonchev–Trinajstić information content (AvgIpc) is 3.40. The van der Waals surface area contributed by atoms with Gasteiger partial charge in [0.15, 0.2) is 12.4 Å². The van der Waals surface area contributed by atoms with Gasteiger partial charge in [-0.3, -0.25) is 9.59 Å². The molecule has 0 saturated carbocycles. The fourth-order valence-corrected chi connectivity index (χ4v) is 8.55. The van der Waals surface area contributed by atoms with Crippen molar-refractivity contribution in [3.63, 3.8) is 0 Å². The summed E-state index contributed by atoms with van der Waals surface area (Å²) < 4.78 is 22.7. The zero-order valence-corrected chi connectivity index (χ0v) is 50.3. The maximum Gasteiger partial charge on any atom is 0.306 e. The van der Waals surface area contributed by atoms with Gasteiger partial charge in [-0.2, -0.15) is 0 Å². The van der Waals surface area contributed by atoms with Crippen LogP contribution in [0.25, 0.3) is 0 Å². The first-order chi connectivity index (χ1) is 37.6. The van der Waals surface area contributed by atoms with Crippen molar-refractivity contribution >= 4 is 17.9 Å². The lowest BCUT2D eigenvalue weighted by Crippen LogP contribution is -2.44. The molecule has 0 aliphatic heterocycles. The van der Waals surface area contributed by atoms with E-state index in [2.05, 4.69) is 111 Å². The molecule has 0 aliphatic carbocycles. The molecule has 2 atom stereocenters. The van der Waals surface area contributed by atoms with E-state index in [1.165, 1.54) is 128 Å². The van der Waals surface area contributed by atoms with Gasteiger partial charge in [-0.25, -0.2) is 0 Å². The molecule has 0 bridgehead atoms. The Balaban J connectivity index is 4.28. The molecule has 0 aromatic heterocycles. The Bertz CT molecular complexity index is 1580. The van der Waals surface area contributed by atoms with Gasteiger partial charge in [0.2, 0.25) is 0 Å². The number of likely N-dealkylation sites (N-methyl/N-ethyl adjacent to an activating group) is 1. The number of carbonyl (C=O) groups is 3. The van der Waals surface area contributed by atoms with Crippen molar-refractivity contribution in [2.75, 3.05) is 47.5 Å². The summed E-state index contributed by atoms with van der Waals surface area (Å²) >= 11 is 0. The van der Waals surface area contributed by atoms with Gasteiger partial charge in [0, 0.05) is 12.8 Å². The smallest absolute Gasteiger partial charge is 0.306 e. The van der Waals surface area contributed by atoms with Crippen LogP contribution in [0, 0.1) is 0 Å². The van der Waals surface area contributed by atoms with Crippen molar-refractivity contribution in [3.05, 3.63) is 97.2 Å². The monoisotopic (exact) mass is 1080 g/mol. The molecule has 0 N–H and O–H groups in total. The summed E-state index contributed by atoms with van der Waals surface area (Å²) in [5.74, 6) is -2.32. The van der Waals surface area contributed by atoms with E-state index in [0.29, 0.717) is 17.4 Å². The Kier molecular flexibility index (Phi) is 55.5. The second-order valence-electron chi connectivity index (χ2n) is 22.0. The highest BCUT2D eigenvalue weighted by atomic mass is 16.7. The number of nitrogens with zero attached hydrogens (tertiary/aromatic N) is 1. The predicted octanol–water partition coefficient (Wildman–Crippen LogP) is 17.6. The summed E-state index contributed by atoms with van der Waals surface area (Å²) in [7, 11) is 5.91. The Labute approximate surface area is 473 Å². The fraction of sp³-hybridized carbons (Fsp3) is 0.721. The Morgan fingerprint density at radius 2 is 0.740 bits per heavy atom. The lowest BCUT2D eigenvalue weighted by molar-refractivity contribution is -0.870. The molecule has 0 aliphatic rings. The van der Waals surface area contributed by atoms with Gasteiger partial charge in [-0.05, 0) is 77.0 Å². The van der Waals surface area contributed by atoms with Crippen molar-refractivity contribution < 1.29 is 42.9 Å². The van der Waals surface area contributed by atoms with Gasteiger partial charge in [0.05, 0.1) is 40.3 Å². The largest absolute Gasteiger partial charge is 0.545 e. The van der Waals surface area contributed by atoms with E-state index in [9.17, 15) is 19.5 Å². The molecule has 0 amide bonds. The maximum atomic E-state index is 12.9. The normalized spacial score (nSPS) is 13.4. The van der Waals surface area contributed by atoms with Gasteiger partial charge in [-0.15, -0.1) is 0 Å². The minimum atomic E-state index is -1.63. The number of aliphatic carboxylic acids is 1. The van der Waals surface area contributed by atoms with E-state index in [1.54, 1.807) is 0 Å². The highest BCUT2D eigenvalue weighted by Gasteiger charge is 2.22. The van der Waals surface area contributed by atoms with E-state index >= 15 is 0 Å². The van der Waals surface area contributed by atoms with Crippen LogP contribution in [-0.4, -0.2) is 82.3 Å². The zero-order valence-electron chi connectivity index (χ0n) is 50.3. The quantitative estimate of drug-likeness (QED) is 0.0195. The molecule has 0 rings (SSSR count). The molecular weight excluding hydrogens is 959 g/mol. The first-order valence-corrected chi connectivity index (χ1v) is 31.4. The third kappa shape index (κ3) is 59.7. The second-order valence-corrected chi connectivity index (χ2v) is 22.0. The SMILES string of the molecule is CC/C=C\C/C=C\C/C=C\C/C=C\C/C=C\C/C=C\C/C=C\C/C=C\CCCCCCC(=O)OC(COC(=O)CCCCCCCCCCCCCCCCCCCCCCCCC)COC(OCC[N+](C)(C)C)C(=O)[O-]. The second kappa shape index (κ2) is 58.4. The van der Waals surface area contributed by atoms with Crippen molar-refractivity contribution in [1.82, 2.24) is 0 Å². The van der Waals surface area contributed by atoms with Crippen molar-refractivity contribution in [2.24, 2.45) is 0 Å². The minimum Gasteiger partial charge on any atom is -0.545 e. The van der Waals surface area contributed by atoms with Crippen molar-refractivity contribution in [2.45, 2.75) is 270 Å². The van der Waals surface area contributed by atoms with Gasteiger partial charge < -0.3 is 33.3 Å². The molecule has 0 spiro atoms. The van der Waals surface area contributed by atoms with Gasteiger partial charge in [-0.1, -0.05) is 265 Å². The third-order valence-corrected chi connectivity index (χ3v) is 13.3. The molecule has 442 valence electrons. The van der Waals surface area contributed by atoms with Crippen LogP contribution < -0.4 is 5.11 Å². The first-order valence-electron chi connectivity index (χ1n) is 31.4. The van der Waals surface area contributed by atoms with E-state index in [0.717, 1.165) is 96.3 Å². The highest BCUT2D eigenvalue weighted by molar-refractivity contribution is 5.70. The number of rotatable bonds is 57. The predicted molar refractivity (Wildman–Crippen MR) is 324 cm³/mol. The number of ether oxygens (including phenoxy) is 4. The van der Waals surface area contributed by atoms with Crippen LogP contribution in [0.1, 0.15) is 258 Å². The number of esters is 2. The molecule has 0 aromatic rings. The first kappa shape index (κ1) is 73.2. The summed E-state index contributed by atoms with van der Waals surface area (Å²) in [6.45, 7) is 4.62. The molecule has 77 heavy (non-hydrogen) atoms. The minimum absolute atomic E-state index is 0.139. The summed E-state index contributed by atoms with van der Waals surface area (Å²) in [6, 6.07) is 0. The Morgan fingerprint density at radius 1 is 0.403 bits per heavy atom. The van der Waals surface area contributed by atoms with Crippen LogP contribution in [0.5, 0.6) is 0 Å². The molecule has 0 saturated heterocycles. The number of hydrogen-bond donors (Lipinski definition) is 0. The standard InChI is InChI=1S/C68H117NO8/c1-6-8-10-12-14-16-18-20-22-24-26-28-30-31-32-33-34-35-37-39-41-43-45-47-49-51-53-55-57-59-66(71)77-64(63-76-68(67(72)73)74-61-60-69(3,4)5)62-75-65(70)58-56-54-52-50-48-46-44-42-40-38-36-29-27-25-23-21-19-17-15-13-11-9-7-2/h8,10,14,16,20,22,26,28,31-32,34-35,39,41,45,47,64,68H,6-7,9,11-13,15,17-19,21,23-25,27,29-30,33,36-38,40,42-44,46,48-63H2,1-5H3/b10-8-,16-14-,22-20-,28-26-,32-31-,35-34-,41-39-,47-45-. The molecule has 0 aromatic carbocycles. The number of carboxylic acids is 1. The number of hydrogen-bond acceptors (Lipinski definition) is 8. The van der Waals surface area contributed by atoms with E-state index in [-0.39, 0.29) is 38.6 Å². The molecule has 0 heterocycles. The molecule has 2 unspecified atom stereocenters. The molecule has 9 heteroatoms. The Hall–Kier alpha value is -3.79. The zero-order chi connectivity index (χ0) is 56.2. The lowest BCUT2D eigenvalue weighted by Gasteiger charge is -2.26. The summed E-state index contributed by atoms with van der Waals surface area (Å²) in [6.07, 6.45) is 76.1. The van der Waals surface area contributed by atoms with E-state index in [4.69, 9.17) is 18.9 Å². The molecule has 9 nitrogen and oxygen atoms in total. The highest BCUT2D eigenvalue weighted by Crippen LogP contribution is 2.17. The van der Waals surface area contributed by atoms with Crippen LogP contribution >= 0.6 is 0 Å². The van der Waals surface area contributed by atoms with Crippen LogP contribution in [0.3, 0.4) is 0 Å². The third-order valence-electron chi connectivity index (χ3n) is 13.3. The number of carboxylic acid groups (broad SMARTS) is 1. The van der Waals surface area contributed by atoms with Gasteiger partial charge >= 0.3 is 11.9 Å². The van der Waals surface area contributed by atoms with E-state index in [1.807, 2.05) is 21.1 Å². The topological polar surface area (TPSA) is 111 Å². The number of unbranched alkanes of at least 4 members (excludes halogenated alkanes) is 26. The Morgan fingerprint density at radius 3 is 1.10 bits per heavy atom. The van der Waals surface area contributed by atoms with Crippen LogP contribution in [0.4, 0.5) is 0 Å². The fourth-order valence-electron chi connectivity index (χ4n) is 8.55. The lowest BCUT2D eigenvalue weighted by atomic mass is 10.0. The van der Waals surface area contributed by atoms with Gasteiger partial charge in [0.25, 0.3) is 0 Å². The molecule has 0 fully saturated rings. The average molecular weight is 1080 g/mol. The van der Waals surface area contributed by atoms with Crippen LogP contribution in [0.15, 0.2) is 97.2 Å². The number of quaternary nitrogens is 1. The summed E-state index contributed by atoms with van der Waals surface area (Å²) in [5, 5.41) is 11.8.